The molecule has 7 nitrogen and oxygen atoms in total. The van der Waals surface area contributed by atoms with E-state index in [4.69, 9.17) is 9.26 Å². The maximum atomic E-state index is 13.8. The Labute approximate surface area is 183 Å². The van der Waals surface area contributed by atoms with E-state index in [1.165, 1.54) is 12.1 Å². The Morgan fingerprint density at radius 1 is 1.03 bits per heavy atom. The minimum atomic E-state index is -0.991. The monoisotopic (exact) mass is 443 g/mol. The second-order valence-electron chi connectivity index (χ2n) is 9.26. The second-order valence-corrected chi connectivity index (χ2v) is 9.26. The second kappa shape index (κ2) is 7.10. The highest BCUT2D eigenvalue weighted by molar-refractivity contribution is 5.93. The fourth-order valence-electron chi connectivity index (χ4n) is 5.32. The van der Waals surface area contributed by atoms with E-state index in [2.05, 4.69) is 5.16 Å². The van der Waals surface area contributed by atoms with Crippen LogP contribution in [0.5, 0.6) is 0 Å². The summed E-state index contributed by atoms with van der Waals surface area (Å²) in [6.45, 7) is 0.742. The third-order valence-corrected chi connectivity index (χ3v) is 7.17. The summed E-state index contributed by atoms with van der Waals surface area (Å²) in [6.07, 6.45) is 3.68. The Morgan fingerprint density at radius 3 is 2.44 bits per heavy atom. The number of nitrogens with zero attached hydrogens (tertiary/aromatic N) is 3. The molecule has 2 unspecified atom stereocenters. The molecule has 0 bridgehead atoms. The predicted octanol–water partition coefficient (Wildman–Crippen LogP) is 3.53. The van der Waals surface area contributed by atoms with Gasteiger partial charge in [0.25, 0.3) is 11.8 Å². The molecule has 1 aromatic carbocycles. The first kappa shape index (κ1) is 19.8. The summed E-state index contributed by atoms with van der Waals surface area (Å²) in [7, 11) is 0. The number of fused-ring (bicyclic) bond motifs is 1. The Morgan fingerprint density at radius 2 is 1.75 bits per heavy atom. The first-order chi connectivity index (χ1) is 15.4. The van der Waals surface area contributed by atoms with Crippen LogP contribution in [0.1, 0.15) is 72.3 Å². The first-order valence-corrected chi connectivity index (χ1v) is 11.2. The van der Waals surface area contributed by atoms with Crippen molar-refractivity contribution in [3.63, 3.8) is 0 Å². The van der Waals surface area contributed by atoms with Crippen LogP contribution < -0.4 is 0 Å². The zero-order valence-electron chi connectivity index (χ0n) is 17.4. The predicted molar refractivity (Wildman–Crippen MR) is 106 cm³/mol. The maximum Gasteiger partial charge on any atom is 0.276 e. The summed E-state index contributed by atoms with van der Waals surface area (Å²) in [5.41, 5.74) is -0.242. The number of benzene rings is 1. The number of carbonyl (C=O) groups excluding carboxylic acids is 2. The van der Waals surface area contributed by atoms with Crippen LogP contribution in [0.2, 0.25) is 0 Å². The minimum absolute atomic E-state index is 0.153. The summed E-state index contributed by atoms with van der Waals surface area (Å²) in [4.78, 5) is 29.6. The van der Waals surface area contributed by atoms with E-state index >= 15 is 0 Å². The van der Waals surface area contributed by atoms with Gasteiger partial charge in [0, 0.05) is 44.0 Å². The molecule has 2 amide bonds. The molecule has 2 aromatic rings. The number of aromatic nitrogens is 1. The molecule has 1 spiro atoms. The van der Waals surface area contributed by atoms with E-state index in [1.54, 1.807) is 15.9 Å². The Balaban J connectivity index is 1.16. The number of likely N-dealkylation sites (tertiary alicyclic amines) is 1. The minimum Gasteiger partial charge on any atom is -0.360 e. The molecule has 4 heterocycles. The van der Waals surface area contributed by atoms with Gasteiger partial charge in [-0.3, -0.25) is 9.59 Å². The largest absolute Gasteiger partial charge is 0.360 e. The normalized spacial score (nSPS) is 26.8. The molecule has 3 aliphatic heterocycles. The van der Waals surface area contributed by atoms with Gasteiger partial charge in [-0.1, -0.05) is 5.16 Å². The van der Waals surface area contributed by atoms with Crippen molar-refractivity contribution in [3.05, 3.63) is 52.9 Å². The summed E-state index contributed by atoms with van der Waals surface area (Å²) >= 11 is 0. The van der Waals surface area contributed by atoms with Crippen molar-refractivity contribution in [1.82, 2.24) is 15.0 Å². The molecule has 4 fully saturated rings. The molecule has 4 aliphatic rings. The molecular formula is C23H23F2N3O4. The molecule has 0 N–H and O–H groups in total. The van der Waals surface area contributed by atoms with Gasteiger partial charge in [-0.25, -0.2) is 8.78 Å². The van der Waals surface area contributed by atoms with Crippen molar-refractivity contribution in [2.45, 2.75) is 62.3 Å². The highest BCUT2D eigenvalue weighted by Crippen LogP contribution is 2.48. The van der Waals surface area contributed by atoms with Gasteiger partial charge in [-0.15, -0.1) is 0 Å². The maximum absolute atomic E-state index is 13.8. The molecule has 168 valence electrons. The van der Waals surface area contributed by atoms with Crippen LogP contribution in [0.15, 0.2) is 28.8 Å². The average molecular weight is 443 g/mol. The number of rotatable bonds is 3. The van der Waals surface area contributed by atoms with E-state index in [0.29, 0.717) is 55.9 Å². The SMILES string of the molecule is O=C(c1cc(C2CC2)on1)N1CCC2(CC1)OC1CCC(c3cc(F)cc(F)c3)N1C2=O. The number of ether oxygens (including phenoxy) is 1. The Hall–Kier alpha value is -2.81. The molecule has 2 atom stereocenters. The smallest absolute Gasteiger partial charge is 0.276 e. The van der Waals surface area contributed by atoms with Crippen LogP contribution >= 0.6 is 0 Å². The summed E-state index contributed by atoms with van der Waals surface area (Å²) < 4.78 is 39.0. The van der Waals surface area contributed by atoms with Crippen LogP contribution in [0.3, 0.4) is 0 Å². The van der Waals surface area contributed by atoms with E-state index in [1.807, 2.05) is 0 Å². The third-order valence-electron chi connectivity index (χ3n) is 7.17. The highest BCUT2D eigenvalue weighted by Gasteiger charge is 2.58. The van der Waals surface area contributed by atoms with Gasteiger partial charge >= 0.3 is 0 Å². The van der Waals surface area contributed by atoms with E-state index in [0.717, 1.165) is 24.7 Å². The summed E-state index contributed by atoms with van der Waals surface area (Å²) in [5.74, 6) is -0.526. The average Bonchev–Trinajstić information content (AvgIpc) is 3.25. The number of halogens is 2. The zero-order valence-corrected chi connectivity index (χ0v) is 17.4. The lowest BCUT2D eigenvalue weighted by Crippen LogP contribution is -2.51. The van der Waals surface area contributed by atoms with Gasteiger partial charge in [0.1, 0.15) is 23.6 Å². The number of amides is 2. The van der Waals surface area contributed by atoms with Gasteiger partial charge < -0.3 is 19.1 Å². The van der Waals surface area contributed by atoms with Gasteiger partial charge in [0.15, 0.2) is 11.3 Å². The molecule has 1 aliphatic carbocycles. The number of carbonyl (C=O) groups is 2. The first-order valence-electron chi connectivity index (χ1n) is 11.2. The highest BCUT2D eigenvalue weighted by atomic mass is 19.1. The van der Waals surface area contributed by atoms with Crippen molar-refractivity contribution < 1.29 is 27.6 Å². The Bertz CT molecular complexity index is 1070. The zero-order chi connectivity index (χ0) is 22.0. The molecule has 0 radical (unpaired) electrons. The van der Waals surface area contributed by atoms with E-state index < -0.39 is 29.5 Å². The molecular weight excluding hydrogens is 420 g/mol. The van der Waals surface area contributed by atoms with Crippen molar-refractivity contribution in [3.8, 4) is 0 Å². The molecule has 3 saturated heterocycles. The summed E-state index contributed by atoms with van der Waals surface area (Å²) in [5, 5.41) is 3.93. The van der Waals surface area contributed by atoms with Gasteiger partial charge in [0.2, 0.25) is 0 Å². The number of piperidine rings is 1. The lowest BCUT2D eigenvalue weighted by molar-refractivity contribution is -0.142. The van der Waals surface area contributed by atoms with Crippen LogP contribution in [0.4, 0.5) is 8.78 Å². The van der Waals surface area contributed by atoms with Gasteiger partial charge in [0.05, 0.1) is 6.04 Å². The van der Waals surface area contributed by atoms with Crippen molar-refractivity contribution >= 4 is 11.8 Å². The molecule has 32 heavy (non-hydrogen) atoms. The van der Waals surface area contributed by atoms with E-state index in [-0.39, 0.29) is 11.8 Å². The van der Waals surface area contributed by atoms with Crippen molar-refractivity contribution in [2.24, 2.45) is 0 Å². The molecule has 6 rings (SSSR count). The fourth-order valence-corrected chi connectivity index (χ4v) is 5.32. The van der Waals surface area contributed by atoms with Crippen LogP contribution in [-0.2, 0) is 9.53 Å². The van der Waals surface area contributed by atoms with Crippen LogP contribution in [0.25, 0.3) is 0 Å². The topological polar surface area (TPSA) is 75.9 Å². The lowest BCUT2D eigenvalue weighted by Gasteiger charge is -2.37. The number of hydrogen-bond acceptors (Lipinski definition) is 5. The molecule has 9 heteroatoms. The van der Waals surface area contributed by atoms with Crippen molar-refractivity contribution in [1.29, 1.82) is 0 Å². The lowest BCUT2D eigenvalue weighted by atomic mass is 9.89. The van der Waals surface area contributed by atoms with Crippen molar-refractivity contribution in [2.75, 3.05) is 13.1 Å². The number of hydrogen-bond donors (Lipinski definition) is 0. The quantitative estimate of drug-likeness (QED) is 0.726. The fraction of sp³-hybridized carbons (Fsp3) is 0.522. The van der Waals surface area contributed by atoms with Gasteiger partial charge in [-0.05, 0) is 43.4 Å². The van der Waals surface area contributed by atoms with Crippen LogP contribution in [0, 0.1) is 11.6 Å². The summed E-state index contributed by atoms with van der Waals surface area (Å²) in [6, 6.07) is 4.70. The molecule has 1 aromatic heterocycles. The Kier molecular flexibility index (Phi) is 4.40. The van der Waals surface area contributed by atoms with E-state index in [9.17, 15) is 18.4 Å². The third kappa shape index (κ3) is 3.13. The van der Waals surface area contributed by atoms with Gasteiger partial charge in [-0.2, -0.15) is 0 Å². The molecule has 1 saturated carbocycles. The standard InChI is InChI=1S/C23H23F2N3O4/c24-15-9-14(10-16(25)11-15)18-3-4-20-28(18)22(30)23(31-20)5-7-27(8-6-23)21(29)17-12-19(32-26-17)13-1-2-13/h9-13,18,20H,1-8H2. The van der Waals surface area contributed by atoms with Crippen LogP contribution in [-0.4, -0.2) is 51.7 Å².